The molecule has 0 aliphatic rings. The molecule has 0 unspecified atom stereocenters. The summed E-state index contributed by atoms with van der Waals surface area (Å²) in [5, 5.41) is 2.91. The van der Waals surface area contributed by atoms with Gasteiger partial charge in [0.15, 0.2) is 0 Å². The number of thiophene rings is 1. The number of sulfonamides is 1. The topological polar surface area (TPSA) is 85.1 Å². The third kappa shape index (κ3) is 4.10. The van der Waals surface area contributed by atoms with Crippen molar-refractivity contribution in [3.05, 3.63) is 33.1 Å². The molecule has 0 fully saturated rings. The fraction of sp³-hybridized carbons (Fsp3) is 0.417. The molecule has 5 nitrogen and oxygen atoms in total. The summed E-state index contributed by atoms with van der Waals surface area (Å²) in [5.41, 5.74) is 6.43. The fourth-order valence-corrected chi connectivity index (χ4v) is 4.88. The smallest absolute Gasteiger partial charge is 0.250 e. The lowest BCUT2D eigenvalue weighted by Gasteiger charge is -2.03. The summed E-state index contributed by atoms with van der Waals surface area (Å²) < 4.78 is 27.1. The van der Waals surface area contributed by atoms with E-state index in [4.69, 9.17) is 5.73 Å². The zero-order valence-corrected chi connectivity index (χ0v) is 13.6. The maximum absolute atomic E-state index is 12.1. The molecule has 3 N–H and O–H groups in total. The Morgan fingerprint density at radius 3 is 2.80 bits per heavy atom. The lowest BCUT2D eigenvalue weighted by molar-refractivity contribution is 0.583. The number of hydrogen-bond acceptors (Lipinski definition) is 6. The van der Waals surface area contributed by atoms with E-state index in [0.717, 1.165) is 15.6 Å². The quantitative estimate of drug-likeness (QED) is 0.806. The van der Waals surface area contributed by atoms with Crippen molar-refractivity contribution in [3.8, 4) is 0 Å². The number of nitrogens with two attached hydrogens (primary N) is 1. The lowest BCUT2D eigenvalue weighted by Crippen LogP contribution is -2.25. The zero-order chi connectivity index (χ0) is 14.6. The summed E-state index contributed by atoms with van der Waals surface area (Å²) in [6.45, 7) is 2.81. The van der Waals surface area contributed by atoms with Crippen LogP contribution in [0, 0.1) is 6.92 Å². The Hall–Kier alpha value is -0.800. The lowest BCUT2D eigenvalue weighted by atomic mass is 10.3. The maximum atomic E-state index is 12.1. The van der Waals surface area contributed by atoms with Gasteiger partial charge in [-0.3, -0.25) is 0 Å². The highest BCUT2D eigenvalue weighted by Crippen LogP contribution is 2.21. The molecule has 8 heteroatoms. The first-order valence-electron chi connectivity index (χ1n) is 6.21. The Morgan fingerprint density at radius 1 is 1.35 bits per heavy atom. The molecule has 0 saturated carbocycles. The first kappa shape index (κ1) is 15.6. The Bertz CT molecular complexity index is 661. The molecule has 0 aliphatic heterocycles. The Morgan fingerprint density at radius 2 is 2.15 bits per heavy atom. The zero-order valence-electron chi connectivity index (χ0n) is 11.1. The van der Waals surface area contributed by atoms with Crippen molar-refractivity contribution in [1.82, 2.24) is 9.71 Å². The molecule has 0 aromatic carbocycles. The number of thiazole rings is 1. The van der Waals surface area contributed by atoms with Crippen LogP contribution >= 0.6 is 22.7 Å². The minimum absolute atomic E-state index is 0.344. The highest BCUT2D eigenvalue weighted by molar-refractivity contribution is 7.91. The average Bonchev–Trinajstić information content (AvgIpc) is 2.99. The van der Waals surface area contributed by atoms with Gasteiger partial charge in [0, 0.05) is 28.9 Å². The summed E-state index contributed by atoms with van der Waals surface area (Å²) in [4.78, 5) is 5.29. The van der Waals surface area contributed by atoms with E-state index in [2.05, 4.69) is 9.71 Å². The van der Waals surface area contributed by atoms with Gasteiger partial charge >= 0.3 is 0 Å². The minimum Gasteiger partial charge on any atom is -0.330 e. The van der Waals surface area contributed by atoms with Crippen LogP contribution in [0.4, 0.5) is 0 Å². The van der Waals surface area contributed by atoms with Gasteiger partial charge in [-0.2, -0.15) is 0 Å². The molecule has 2 rings (SSSR count). The first-order valence-corrected chi connectivity index (χ1v) is 9.38. The highest BCUT2D eigenvalue weighted by atomic mass is 32.2. The standard InChI is InChI=1S/C12H17N3O2S3/c1-9-8-18-11(15-9)5-7-14-20(16,17)12-3-2-10(19-12)4-6-13/h2-3,8,14H,4-7,13H2,1H3. The molecule has 0 saturated heterocycles. The van der Waals surface area contributed by atoms with E-state index in [9.17, 15) is 8.42 Å². The van der Waals surface area contributed by atoms with Gasteiger partial charge in [-0.25, -0.2) is 18.1 Å². The Kier molecular flexibility index (Phi) is 5.28. The molecule has 0 bridgehead atoms. The van der Waals surface area contributed by atoms with Crippen LogP contribution in [-0.2, 0) is 22.9 Å². The predicted molar refractivity (Wildman–Crippen MR) is 82.8 cm³/mol. The third-order valence-corrected chi connectivity index (χ3v) is 6.71. The van der Waals surface area contributed by atoms with Crippen LogP contribution in [0.1, 0.15) is 15.6 Å². The maximum Gasteiger partial charge on any atom is 0.250 e. The molecule has 2 aromatic heterocycles. The second-order valence-electron chi connectivity index (χ2n) is 4.29. The SMILES string of the molecule is Cc1csc(CCNS(=O)(=O)c2ccc(CCN)s2)n1. The monoisotopic (exact) mass is 331 g/mol. The molecule has 2 aromatic rings. The first-order chi connectivity index (χ1) is 9.51. The summed E-state index contributed by atoms with van der Waals surface area (Å²) in [6.07, 6.45) is 1.32. The van der Waals surface area contributed by atoms with Crippen molar-refractivity contribution >= 4 is 32.7 Å². The number of aryl methyl sites for hydroxylation is 1. The molecule has 0 radical (unpaired) electrons. The van der Waals surface area contributed by atoms with E-state index in [1.165, 1.54) is 11.3 Å². The van der Waals surface area contributed by atoms with E-state index >= 15 is 0 Å². The average molecular weight is 331 g/mol. The summed E-state index contributed by atoms with van der Waals surface area (Å²) in [5.74, 6) is 0. The van der Waals surface area contributed by atoms with Gasteiger partial charge in [-0.1, -0.05) is 0 Å². The molecular formula is C12H17N3O2S3. The van der Waals surface area contributed by atoms with E-state index in [0.29, 0.717) is 30.1 Å². The second kappa shape index (κ2) is 6.77. The molecule has 2 heterocycles. The van der Waals surface area contributed by atoms with Crippen LogP contribution in [0.3, 0.4) is 0 Å². The van der Waals surface area contributed by atoms with Gasteiger partial charge < -0.3 is 5.73 Å². The van der Waals surface area contributed by atoms with Gasteiger partial charge in [-0.15, -0.1) is 22.7 Å². The van der Waals surface area contributed by atoms with Crippen LogP contribution in [0.5, 0.6) is 0 Å². The molecule has 0 aliphatic carbocycles. The number of aromatic nitrogens is 1. The van der Waals surface area contributed by atoms with Crippen molar-refractivity contribution in [3.63, 3.8) is 0 Å². The summed E-state index contributed by atoms with van der Waals surface area (Å²) >= 11 is 2.82. The predicted octanol–water partition coefficient (Wildman–Crippen LogP) is 1.54. The number of nitrogens with zero attached hydrogens (tertiary/aromatic N) is 1. The Balaban J connectivity index is 1.92. The van der Waals surface area contributed by atoms with Crippen LogP contribution in [-0.4, -0.2) is 26.5 Å². The number of hydrogen-bond donors (Lipinski definition) is 2. The van der Waals surface area contributed by atoms with Gasteiger partial charge in [0.05, 0.1) is 5.01 Å². The molecule has 110 valence electrons. The van der Waals surface area contributed by atoms with Gasteiger partial charge in [0.2, 0.25) is 10.0 Å². The fourth-order valence-electron chi connectivity index (χ4n) is 1.66. The molecule has 0 amide bonds. The minimum atomic E-state index is -3.42. The van der Waals surface area contributed by atoms with E-state index in [1.54, 1.807) is 17.4 Å². The van der Waals surface area contributed by atoms with Crippen molar-refractivity contribution < 1.29 is 8.42 Å². The molecule has 0 spiro atoms. The molecule has 0 atom stereocenters. The van der Waals surface area contributed by atoms with Crippen LogP contribution in [0.2, 0.25) is 0 Å². The highest BCUT2D eigenvalue weighted by Gasteiger charge is 2.16. The normalized spacial score (nSPS) is 11.9. The van der Waals surface area contributed by atoms with Crippen LogP contribution < -0.4 is 10.5 Å². The van der Waals surface area contributed by atoms with Gasteiger partial charge in [-0.05, 0) is 32.0 Å². The van der Waals surface area contributed by atoms with Crippen molar-refractivity contribution in [2.75, 3.05) is 13.1 Å². The summed E-state index contributed by atoms with van der Waals surface area (Å²) in [6, 6.07) is 3.45. The van der Waals surface area contributed by atoms with Gasteiger partial charge in [0.1, 0.15) is 4.21 Å². The van der Waals surface area contributed by atoms with E-state index in [-0.39, 0.29) is 0 Å². The molecule has 20 heavy (non-hydrogen) atoms. The van der Waals surface area contributed by atoms with E-state index in [1.807, 2.05) is 18.4 Å². The van der Waals surface area contributed by atoms with E-state index < -0.39 is 10.0 Å². The molecular weight excluding hydrogens is 314 g/mol. The van der Waals surface area contributed by atoms with Crippen LogP contribution in [0.25, 0.3) is 0 Å². The summed E-state index contributed by atoms with van der Waals surface area (Å²) in [7, 11) is -3.42. The van der Waals surface area contributed by atoms with Crippen molar-refractivity contribution in [1.29, 1.82) is 0 Å². The Labute approximate surface area is 126 Å². The van der Waals surface area contributed by atoms with Crippen molar-refractivity contribution in [2.24, 2.45) is 5.73 Å². The second-order valence-corrected chi connectivity index (χ2v) is 8.39. The van der Waals surface area contributed by atoms with Crippen LogP contribution in [0.15, 0.2) is 21.7 Å². The number of nitrogens with one attached hydrogen (secondary N) is 1. The van der Waals surface area contributed by atoms with Crippen molar-refractivity contribution in [2.45, 2.75) is 24.0 Å². The third-order valence-electron chi connectivity index (χ3n) is 2.59. The number of rotatable bonds is 7. The van der Waals surface area contributed by atoms with Gasteiger partial charge in [0.25, 0.3) is 0 Å². The largest absolute Gasteiger partial charge is 0.330 e.